The average Bonchev–Trinajstić information content (AvgIpc) is 2.88. The van der Waals surface area contributed by atoms with Crippen molar-refractivity contribution in [2.24, 2.45) is 0 Å². The SMILES string of the molecule is OCC[C@H]1CN2C[C@@H](Nc3nccc(C(F)(F)F)n3)C[C@H]2CO1. The molecule has 0 saturated carbocycles. The zero-order valence-electron chi connectivity index (χ0n) is 12.5. The molecule has 0 aliphatic carbocycles. The maximum atomic E-state index is 12.7. The highest BCUT2D eigenvalue weighted by Gasteiger charge is 2.38. The first kappa shape index (κ1) is 16.4. The molecule has 1 aromatic heterocycles. The molecule has 2 aliphatic rings. The number of rotatable bonds is 4. The minimum Gasteiger partial charge on any atom is -0.396 e. The predicted molar refractivity (Wildman–Crippen MR) is 75.9 cm³/mol. The van der Waals surface area contributed by atoms with Crippen LogP contribution in [-0.4, -0.2) is 64.5 Å². The molecule has 2 saturated heterocycles. The van der Waals surface area contributed by atoms with Gasteiger partial charge in [-0.15, -0.1) is 0 Å². The Morgan fingerprint density at radius 2 is 2.22 bits per heavy atom. The second-order valence-electron chi connectivity index (χ2n) is 5.92. The lowest BCUT2D eigenvalue weighted by Crippen LogP contribution is -2.46. The number of nitrogens with zero attached hydrogens (tertiary/aromatic N) is 3. The summed E-state index contributed by atoms with van der Waals surface area (Å²) in [5.74, 6) is -0.00232. The second-order valence-corrected chi connectivity index (χ2v) is 5.92. The fourth-order valence-corrected chi connectivity index (χ4v) is 3.13. The van der Waals surface area contributed by atoms with Gasteiger partial charge in [0.05, 0.1) is 12.7 Å². The molecule has 0 bridgehead atoms. The molecular weight excluding hydrogens is 313 g/mol. The molecule has 23 heavy (non-hydrogen) atoms. The minimum absolute atomic E-state index is 0.00232. The third kappa shape index (κ3) is 3.91. The van der Waals surface area contributed by atoms with Crippen molar-refractivity contribution in [1.82, 2.24) is 14.9 Å². The van der Waals surface area contributed by atoms with Gasteiger partial charge in [0.15, 0.2) is 0 Å². The van der Waals surface area contributed by atoms with Gasteiger partial charge in [0.1, 0.15) is 5.69 Å². The Bertz CT molecular complexity index is 543. The number of morpholine rings is 1. The lowest BCUT2D eigenvalue weighted by Gasteiger charge is -2.34. The first-order valence-corrected chi connectivity index (χ1v) is 7.59. The molecule has 1 aromatic rings. The zero-order valence-corrected chi connectivity index (χ0v) is 12.5. The van der Waals surface area contributed by atoms with Gasteiger partial charge in [-0.2, -0.15) is 13.2 Å². The molecular formula is C14H19F3N4O2. The van der Waals surface area contributed by atoms with E-state index in [1.165, 1.54) is 0 Å². The summed E-state index contributed by atoms with van der Waals surface area (Å²) in [5.41, 5.74) is -0.947. The summed E-state index contributed by atoms with van der Waals surface area (Å²) >= 11 is 0. The summed E-state index contributed by atoms with van der Waals surface area (Å²) in [6, 6.07) is 1.09. The van der Waals surface area contributed by atoms with E-state index >= 15 is 0 Å². The molecule has 2 N–H and O–H groups in total. The molecule has 0 radical (unpaired) electrons. The van der Waals surface area contributed by atoms with Crippen molar-refractivity contribution in [2.75, 3.05) is 31.6 Å². The molecule has 0 amide bonds. The van der Waals surface area contributed by atoms with E-state index in [0.717, 1.165) is 25.2 Å². The number of alkyl halides is 3. The number of aromatic nitrogens is 2. The van der Waals surface area contributed by atoms with E-state index in [1.807, 2.05) is 0 Å². The number of anilines is 1. The number of hydrogen-bond donors (Lipinski definition) is 2. The van der Waals surface area contributed by atoms with Crippen LogP contribution in [0, 0.1) is 0 Å². The summed E-state index contributed by atoms with van der Waals surface area (Å²) in [6.45, 7) is 2.09. The number of aliphatic hydroxyl groups is 1. The van der Waals surface area contributed by atoms with Crippen molar-refractivity contribution in [2.45, 2.75) is 37.2 Å². The molecule has 3 atom stereocenters. The molecule has 0 aromatic carbocycles. The Labute approximate surface area is 131 Å². The number of hydrogen-bond acceptors (Lipinski definition) is 6. The maximum Gasteiger partial charge on any atom is 0.433 e. The van der Waals surface area contributed by atoms with Gasteiger partial charge in [0, 0.05) is 38.0 Å². The van der Waals surface area contributed by atoms with Crippen LogP contribution < -0.4 is 5.32 Å². The third-order valence-corrected chi connectivity index (χ3v) is 4.22. The molecule has 9 heteroatoms. The van der Waals surface area contributed by atoms with Crippen LogP contribution in [0.5, 0.6) is 0 Å². The van der Waals surface area contributed by atoms with Crippen LogP contribution in [0.15, 0.2) is 12.3 Å². The summed E-state index contributed by atoms with van der Waals surface area (Å²) < 4.78 is 43.7. The van der Waals surface area contributed by atoms with Crippen molar-refractivity contribution in [3.8, 4) is 0 Å². The lowest BCUT2D eigenvalue weighted by molar-refractivity contribution is -0.141. The number of nitrogens with one attached hydrogen (secondary N) is 1. The van der Waals surface area contributed by atoms with E-state index in [-0.39, 0.29) is 30.7 Å². The van der Waals surface area contributed by atoms with Gasteiger partial charge in [-0.25, -0.2) is 9.97 Å². The van der Waals surface area contributed by atoms with E-state index in [0.29, 0.717) is 19.6 Å². The summed E-state index contributed by atoms with van der Waals surface area (Å²) in [4.78, 5) is 9.66. The summed E-state index contributed by atoms with van der Waals surface area (Å²) in [5, 5.41) is 12.0. The Hall–Kier alpha value is -1.45. The fourth-order valence-electron chi connectivity index (χ4n) is 3.13. The monoisotopic (exact) mass is 332 g/mol. The maximum absolute atomic E-state index is 12.7. The van der Waals surface area contributed by atoms with Gasteiger partial charge in [-0.05, 0) is 18.9 Å². The van der Waals surface area contributed by atoms with Gasteiger partial charge in [-0.3, -0.25) is 4.90 Å². The standard InChI is InChI=1S/C14H19F3N4O2/c15-14(16,17)12-1-3-18-13(20-12)19-9-5-10-8-23-11(2-4-22)7-21(10)6-9/h1,3,9-11,22H,2,4-8H2,(H,18,19,20)/t9-,10-,11-/m0/s1. The van der Waals surface area contributed by atoms with Gasteiger partial charge >= 0.3 is 6.18 Å². The van der Waals surface area contributed by atoms with E-state index in [1.54, 1.807) is 0 Å². The van der Waals surface area contributed by atoms with Gasteiger partial charge in [0.2, 0.25) is 5.95 Å². The Balaban J connectivity index is 1.60. The first-order chi connectivity index (χ1) is 11.0. The molecule has 3 rings (SSSR count). The zero-order chi connectivity index (χ0) is 16.4. The van der Waals surface area contributed by atoms with Crippen molar-refractivity contribution in [3.05, 3.63) is 18.0 Å². The van der Waals surface area contributed by atoms with Gasteiger partial charge < -0.3 is 15.2 Å². The summed E-state index contributed by atoms with van der Waals surface area (Å²) in [6.07, 6.45) is -1.98. The fraction of sp³-hybridized carbons (Fsp3) is 0.714. The molecule has 0 unspecified atom stereocenters. The molecule has 128 valence electrons. The van der Waals surface area contributed by atoms with Crippen LogP contribution in [0.4, 0.5) is 19.1 Å². The highest BCUT2D eigenvalue weighted by atomic mass is 19.4. The highest BCUT2D eigenvalue weighted by Crippen LogP contribution is 2.29. The van der Waals surface area contributed by atoms with Crippen LogP contribution >= 0.6 is 0 Å². The normalized spacial score (nSPS) is 28.6. The van der Waals surface area contributed by atoms with Crippen LogP contribution in [-0.2, 0) is 10.9 Å². The smallest absolute Gasteiger partial charge is 0.396 e. The molecule has 3 heterocycles. The predicted octanol–water partition coefficient (Wildman–Crippen LogP) is 1.13. The summed E-state index contributed by atoms with van der Waals surface area (Å²) in [7, 11) is 0. The van der Waals surface area contributed by atoms with Gasteiger partial charge in [-0.1, -0.05) is 0 Å². The lowest BCUT2D eigenvalue weighted by atomic mass is 10.1. The Morgan fingerprint density at radius 1 is 1.39 bits per heavy atom. The van der Waals surface area contributed by atoms with E-state index < -0.39 is 11.9 Å². The van der Waals surface area contributed by atoms with E-state index in [9.17, 15) is 13.2 Å². The van der Waals surface area contributed by atoms with Crippen LogP contribution in [0.1, 0.15) is 18.5 Å². The van der Waals surface area contributed by atoms with Gasteiger partial charge in [0.25, 0.3) is 0 Å². The van der Waals surface area contributed by atoms with Crippen LogP contribution in [0.25, 0.3) is 0 Å². The van der Waals surface area contributed by atoms with E-state index in [4.69, 9.17) is 9.84 Å². The minimum atomic E-state index is -4.47. The largest absolute Gasteiger partial charge is 0.433 e. The Kier molecular flexibility index (Phi) is 4.69. The first-order valence-electron chi connectivity index (χ1n) is 7.59. The van der Waals surface area contributed by atoms with Crippen LogP contribution in [0.2, 0.25) is 0 Å². The quantitative estimate of drug-likeness (QED) is 0.861. The average molecular weight is 332 g/mol. The van der Waals surface area contributed by atoms with Crippen LogP contribution in [0.3, 0.4) is 0 Å². The number of ether oxygens (including phenoxy) is 1. The van der Waals surface area contributed by atoms with Crippen molar-refractivity contribution in [3.63, 3.8) is 0 Å². The molecule has 0 spiro atoms. The van der Waals surface area contributed by atoms with E-state index in [2.05, 4.69) is 20.2 Å². The number of fused-ring (bicyclic) bond motifs is 1. The third-order valence-electron chi connectivity index (χ3n) is 4.22. The molecule has 2 aliphatic heterocycles. The topological polar surface area (TPSA) is 70.5 Å². The molecule has 2 fully saturated rings. The van der Waals surface area contributed by atoms with Crippen molar-refractivity contribution in [1.29, 1.82) is 0 Å². The second kappa shape index (κ2) is 6.58. The number of halogens is 3. The van der Waals surface area contributed by atoms with Crippen molar-refractivity contribution < 1.29 is 23.0 Å². The van der Waals surface area contributed by atoms with Crippen molar-refractivity contribution >= 4 is 5.95 Å². The number of aliphatic hydroxyl groups excluding tert-OH is 1. The Morgan fingerprint density at radius 3 is 2.96 bits per heavy atom. The molecule has 6 nitrogen and oxygen atoms in total. The highest BCUT2D eigenvalue weighted by molar-refractivity contribution is 5.28.